The van der Waals surface area contributed by atoms with Gasteiger partial charge in [0, 0.05) is 6.54 Å². The maximum Gasteiger partial charge on any atom is 0.180 e. The number of carbonyl (C=O) groups is 1. The summed E-state index contributed by atoms with van der Waals surface area (Å²) in [4.78, 5) is 14.6. The summed E-state index contributed by atoms with van der Waals surface area (Å²) < 4.78 is 5.25. The van der Waals surface area contributed by atoms with Gasteiger partial charge in [0.05, 0.1) is 19.2 Å². The van der Waals surface area contributed by atoms with E-state index < -0.39 is 0 Å². The average Bonchev–Trinajstić information content (AvgIpc) is 2.87. The van der Waals surface area contributed by atoms with Gasteiger partial charge in [0.15, 0.2) is 5.78 Å². The van der Waals surface area contributed by atoms with E-state index in [2.05, 4.69) is 18.7 Å². The predicted molar refractivity (Wildman–Crippen MR) is 76.7 cm³/mol. The van der Waals surface area contributed by atoms with Crippen LogP contribution in [-0.2, 0) is 0 Å². The second-order valence-electron chi connectivity index (χ2n) is 5.65. The monoisotopic (exact) mass is 261 g/mol. The van der Waals surface area contributed by atoms with E-state index >= 15 is 0 Å². The number of likely N-dealkylation sites (tertiary alicyclic amines) is 1. The van der Waals surface area contributed by atoms with Crippen LogP contribution in [-0.4, -0.2) is 37.4 Å². The van der Waals surface area contributed by atoms with Gasteiger partial charge in [0.1, 0.15) is 5.75 Å². The van der Waals surface area contributed by atoms with Crippen LogP contribution in [0.4, 0.5) is 0 Å². The van der Waals surface area contributed by atoms with Gasteiger partial charge >= 0.3 is 0 Å². The standard InChI is InChI=1S/C16H23NO2/c1-12(2)13-8-9-17(10-13)11-15(18)14-6-4-5-7-16(14)19-3/h4-7,12-13H,8-11H2,1-3H3. The Hall–Kier alpha value is -1.35. The average molecular weight is 261 g/mol. The molecule has 1 fully saturated rings. The second-order valence-corrected chi connectivity index (χ2v) is 5.65. The van der Waals surface area contributed by atoms with Crippen LogP contribution in [0.25, 0.3) is 0 Å². The van der Waals surface area contributed by atoms with Crippen molar-refractivity contribution < 1.29 is 9.53 Å². The fourth-order valence-corrected chi connectivity index (χ4v) is 2.71. The molecule has 0 aromatic heterocycles. The molecule has 104 valence electrons. The minimum Gasteiger partial charge on any atom is -0.496 e. The molecule has 0 spiro atoms. The fourth-order valence-electron chi connectivity index (χ4n) is 2.71. The summed E-state index contributed by atoms with van der Waals surface area (Å²) in [5.74, 6) is 2.26. The Labute approximate surface area is 115 Å². The van der Waals surface area contributed by atoms with Crippen LogP contribution in [0, 0.1) is 11.8 Å². The van der Waals surface area contributed by atoms with Gasteiger partial charge < -0.3 is 4.74 Å². The normalized spacial score (nSPS) is 19.9. The molecule has 3 nitrogen and oxygen atoms in total. The third-order valence-corrected chi connectivity index (χ3v) is 4.03. The number of benzene rings is 1. The lowest BCUT2D eigenvalue weighted by molar-refractivity contribution is 0.0939. The molecule has 0 radical (unpaired) electrons. The van der Waals surface area contributed by atoms with Crippen molar-refractivity contribution in [1.82, 2.24) is 4.90 Å². The number of para-hydroxylation sites is 1. The first-order chi connectivity index (χ1) is 9.11. The number of carbonyl (C=O) groups excluding carboxylic acids is 1. The third-order valence-electron chi connectivity index (χ3n) is 4.03. The number of hydrogen-bond acceptors (Lipinski definition) is 3. The van der Waals surface area contributed by atoms with Gasteiger partial charge in [-0.1, -0.05) is 26.0 Å². The van der Waals surface area contributed by atoms with Crippen molar-refractivity contribution in [2.45, 2.75) is 20.3 Å². The minimum atomic E-state index is 0.154. The predicted octanol–water partition coefficient (Wildman–Crippen LogP) is 2.86. The Morgan fingerprint density at radius 1 is 1.42 bits per heavy atom. The van der Waals surface area contributed by atoms with E-state index in [1.54, 1.807) is 7.11 Å². The molecular formula is C16H23NO2. The van der Waals surface area contributed by atoms with Crippen LogP contribution in [0.2, 0.25) is 0 Å². The van der Waals surface area contributed by atoms with Gasteiger partial charge in [0.2, 0.25) is 0 Å². The molecule has 1 aliphatic heterocycles. The molecule has 3 heteroatoms. The molecule has 0 saturated carbocycles. The van der Waals surface area contributed by atoms with Crippen LogP contribution in [0.15, 0.2) is 24.3 Å². The highest BCUT2D eigenvalue weighted by atomic mass is 16.5. The molecule has 19 heavy (non-hydrogen) atoms. The van der Waals surface area contributed by atoms with Crippen molar-refractivity contribution in [2.75, 3.05) is 26.7 Å². The molecule has 2 rings (SSSR count). The molecule has 1 heterocycles. The number of nitrogens with zero attached hydrogens (tertiary/aromatic N) is 1. The Bertz CT molecular complexity index is 442. The van der Waals surface area contributed by atoms with Crippen LogP contribution >= 0.6 is 0 Å². The van der Waals surface area contributed by atoms with Crippen LogP contribution in [0.5, 0.6) is 5.75 Å². The molecule has 1 aromatic carbocycles. The molecule has 0 aliphatic carbocycles. The van der Waals surface area contributed by atoms with Crippen molar-refractivity contribution in [3.63, 3.8) is 0 Å². The van der Waals surface area contributed by atoms with Crippen molar-refractivity contribution >= 4 is 5.78 Å². The van der Waals surface area contributed by atoms with E-state index in [1.165, 1.54) is 6.42 Å². The molecule has 1 unspecified atom stereocenters. The quantitative estimate of drug-likeness (QED) is 0.763. The molecule has 1 saturated heterocycles. The first-order valence-electron chi connectivity index (χ1n) is 7.00. The van der Waals surface area contributed by atoms with Crippen molar-refractivity contribution in [1.29, 1.82) is 0 Å². The first kappa shape index (κ1) is 14.1. The summed E-state index contributed by atoms with van der Waals surface area (Å²) in [6.07, 6.45) is 1.21. The zero-order chi connectivity index (χ0) is 13.8. The molecule has 1 aromatic rings. The zero-order valence-electron chi connectivity index (χ0n) is 12.1. The van der Waals surface area contributed by atoms with E-state index in [0.29, 0.717) is 23.8 Å². The van der Waals surface area contributed by atoms with E-state index in [-0.39, 0.29) is 5.78 Å². The number of methoxy groups -OCH3 is 1. The SMILES string of the molecule is COc1ccccc1C(=O)CN1CCC(C(C)C)C1. The number of Topliss-reactive ketones (excluding diaryl/α,β-unsaturated/α-hetero) is 1. The topological polar surface area (TPSA) is 29.5 Å². The summed E-state index contributed by atoms with van der Waals surface area (Å²) in [6.45, 7) is 7.10. The Morgan fingerprint density at radius 2 is 2.16 bits per heavy atom. The van der Waals surface area contributed by atoms with Crippen molar-refractivity contribution in [3.05, 3.63) is 29.8 Å². The van der Waals surface area contributed by atoms with Crippen LogP contribution < -0.4 is 4.74 Å². The number of rotatable bonds is 5. The fraction of sp³-hybridized carbons (Fsp3) is 0.562. The summed E-state index contributed by atoms with van der Waals surface area (Å²) in [6, 6.07) is 7.46. The van der Waals surface area contributed by atoms with Crippen molar-refractivity contribution in [3.8, 4) is 5.75 Å². The second kappa shape index (κ2) is 6.20. The molecule has 0 N–H and O–H groups in total. The number of hydrogen-bond donors (Lipinski definition) is 0. The molecular weight excluding hydrogens is 238 g/mol. The number of ether oxygens (including phenoxy) is 1. The van der Waals surface area contributed by atoms with E-state index in [4.69, 9.17) is 4.74 Å². The van der Waals surface area contributed by atoms with E-state index in [0.717, 1.165) is 19.0 Å². The van der Waals surface area contributed by atoms with Gasteiger partial charge in [-0.25, -0.2) is 0 Å². The largest absolute Gasteiger partial charge is 0.496 e. The van der Waals surface area contributed by atoms with Gasteiger partial charge in [-0.3, -0.25) is 9.69 Å². The van der Waals surface area contributed by atoms with E-state index in [1.807, 2.05) is 24.3 Å². The highest BCUT2D eigenvalue weighted by molar-refractivity contribution is 6.00. The number of ketones is 1. The maximum atomic E-state index is 12.3. The highest BCUT2D eigenvalue weighted by Gasteiger charge is 2.26. The Morgan fingerprint density at radius 3 is 2.79 bits per heavy atom. The highest BCUT2D eigenvalue weighted by Crippen LogP contribution is 2.24. The molecule has 0 amide bonds. The first-order valence-corrected chi connectivity index (χ1v) is 7.00. The summed E-state index contributed by atoms with van der Waals surface area (Å²) in [5, 5.41) is 0. The lowest BCUT2D eigenvalue weighted by Crippen LogP contribution is -2.28. The third kappa shape index (κ3) is 3.35. The van der Waals surface area contributed by atoms with Gasteiger partial charge in [-0.05, 0) is 36.9 Å². The van der Waals surface area contributed by atoms with Crippen LogP contribution in [0.3, 0.4) is 0 Å². The maximum absolute atomic E-state index is 12.3. The Kier molecular flexibility index (Phi) is 4.59. The summed E-state index contributed by atoms with van der Waals surface area (Å²) in [5.41, 5.74) is 0.693. The zero-order valence-corrected chi connectivity index (χ0v) is 12.1. The van der Waals surface area contributed by atoms with Gasteiger partial charge in [-0.2, -0.15) is 0 Å². The Balaban J connectivity index is 1.98. The van der Waals surface area contributed by atoms with Gasteiger partial charge in [0.25, 0.3) is 0 Å². The van der Waals surface area contributed by atoms with Gasteiger partial charge in [-0.15, -0.1) is 0 Å². The van der Waals surface area contributed by atoms with E-state index in [9.17, 15) is 4.79 Å². The molecule has 0 bridgehead atoms. The van der Waals surface area contributed by atoms with Crippen LogP contribution in [0.1, 0.15) is 30.6 Å². The minimum absolute atomic E-state index is 0.154. The molecule has 1 atom stereocenters. The smallest absolute Gasteiger partial charge is 0.180 e. The lowest BCUT2D eigenvalue weighted by atomic mass is 9.95. The lowest BCUT2D eigenvalue weighted by Gasteiger charge is -2.17. The van der Waals surface area contributed by atoms with Crippen molar-refractivity contribution in [2.24, 2.45) is 11.8 Å². The molecule has 1 aliphatic rings. The summed E-state index contributed by atoms with van der Waals surface area (Å²) >= 11 is 0. The summed E-state index contributed by atoms with van der Waals surface area (Å²) in [7, 11) is 1.61.